The van der Waals surface area contributed by atoms with Crippen molar-refractivity contribution in [3.05, 3.63) is 34.9 Å². The van der Waals surface area contributed by atoms with Crippen LogP contribution in [0.4, 0.5) is 0 Å². The van der Waals surface area contributed by atoms with Crippen molar-refractivity contribution in [3.8, 4) is 0 Å². The summed E-state index contributed by atoms with van der Waals surface area (Å²) in [6.45, 7) is 3.80. The van der Waals surface area contributed by atoms with Gasteiger partial charge < -0.3 is 5.11 Å². The van der Waals surface area contributed by atoms with Crippen LogP contribution in [0, 0.1) is 13.8 Å². The van der Waals surface area contributed by atoms with Gasteiger partial charge in [0.1, 0.15) is 0 Å². The van der Waals surface area contributed by atoms with Crippen LogP contribution in [0.15, 0.2) is 18.2 Å². The van der Waals surface area contributed by atoms with E-state index in [1.54, 1.807) is 6.07 Å². The van der Waals surface area contributed by atoms with Gasteiger partial charge in [-0.05, 0) is 25.0 Å². The third kappa shape index (κ3) is 4.56. The zero-order valence-corrected chi connectivity index (χ0v) is 10.8. The largest absolute Gasteiger partial charge is 0.481 e. The van der Waals surface area contributed by atoms with E-state index >= 15 is 0 Å². The van der Waals surface area contributed by atoms with Crippen molar-refractivity contribution in [3.63, 3.8) is 0 Å². The second-order valence-corrected chi connectivity index (χ2v) is 6.35. The summed E-state index contributed by atoms with van der Waals surface area (Å²) in [4.78, 5) is 10.3. The Bertz CT molecular complexity index is 517. The molecule has 0 aliphatic rings. The lowest BCUT2D eigenvalue weighted by Gasteiger charge is -2.07. The fourth-order valence-electron chi connectivity index (χ4n) is 1.56. The minimum atomic E-state index is -3.35. The van der Waals surface area contributed by atoms with E-state index in [0.29, 0.717) is 0 Å². The first-order valence-electron chi connectivity index (χ1n) is 5.28. The third-order valence-corrected chi connectivity index (χ3v) is 4.08. The zero-order chi connectivity index (χ0) is 13.1. The van der Waals surface area contributed by atoms with Gasteiger partial charge in [0.15, 0.2) is 9.84 Å². The molecule has 4 nitrogen and oxygen atoms in total. The van der Waals surface area contributed by atoms with Gasteiger partial charge in [-0.25, -0.2) is 8.42 Å². The van der Waals surface area contributed by atoms with Crippen molar-refractivity contribution in [1.29, 1.82) is 0 Å². The first-order valence-corrected chi connectivity index (χ1v) is 7.10. The maximum atomic E-state index is 11.7. The third-order valence-electron chi connectivity index (χ3n) is 2.50. The molecule has 1 aromatic rings. The van der Waals surface area contributed by atoms with Gasteiger partial charge in [0.05, 0.1) is 17.9 Å². The minimum absolute atomic E-state index is 0.0909. The highest BCUT2D eigenvalue weighted by Crippen LogP contribution is 2.14. The molecular weight excluding hydrogens is 240 g/mol. The zero-order valence-electron chi connectivity index (χ0n) is 9.93. The van der Waals surface area contributed by atoms with Crippen LogP contribution < -0.4 is 0 Å². The van der Waals surface area contributed by atoms with E-state index < -0.39 is 15.8 Å². The molecule has 1 N–H and O–H groups in total. The highest BCUT2D eigenvalue weighted by molar-refractivity contribution is 7.90. The standard InChI is InChI=1S/C12H16O4S/c1-9-3-4-11(10(2)7-9)8-17(15,16)6-5-12(13)14/h3-4,7H,5-6,8H2,1-2H3,(H,13,14). The van der Waals surface area contributed by atoms with Gasteiger partial charge in [-0.3, -0.25) is 4.79 Å². The summed E-state index contributed by atoms with van der Waals surface area (Å²) >= 11 is 0. The van der Waals surface area contributed by atoms with Gasteiger partial charge in [-0.1, -0.05) is 23.8 Å². The Balaban J connectivity index is 2.79. The molecule has 0 heterocycles. The molecular formula is C12H16O4S. The van der Waals surface area contributed by atoms with E-state index in [-0.39, 0.29) is 17.9 Å². The van der Waals surface area contributed by atoms with E-state index in [1.165, 1.54) is 0 Å². The van der Waals surface area contributed by atoms with E-state index in [4.69, 9.17) is 5.11 Å². The molecule has 0 amide bonds. The van der Waals surface area contributed by atoms with Crippen molar-refractivity contribution in [2.45, 2.75) is 26.0 Å². The smallest absolute Gasteiger partial charge is 0.304 e. The number of rotatable bonds is 5. The van der Waals surface area contributed by atoms with Gasteiger partial charge in [0, 0.05) is 0 Å². The minimum Gasteiger partial charge on any atom is -0.481 e. The first kappa shape index (κ1) is 13.7. The van der Waals surface area contributed by atoms with Crippen molar-refractivity contribution < 1.29 is 18.3 Å². The van der Waals surface area contributed by atoms with Crippen molar-refractivity contribution in [1.82, 2.24) is 0 Å². The van der Waals surface area contributed by atoms with E-state index in [9.17, 15) is 13.2 Å². The Morgan fingerprint density at radius 1 is 1.29 bits per heavy atom. The molecule has 0 fully saturated rings. The predicted molar refractivity (Wildman–Crippen MR) is 65.7 cm³/mol. The Hall–Kier alpha value is -1.36. The van der Waals surface area contributed by atoms with Crippen LogP contribution in [-0.2, 0) is 20.4 Å². The van der Waals surface area contributed by atoms with Gasteiger partial charge in [0.2, 0.25) is 0 Å². The number of sulfone groups is 1. The Kier molecular flexibility index (Phi) is 4.28. The van der Waals surface area contributed by atoms with Crippen molar-refractivity contribution in [2.75, 3.05) is 5.75 Å². The number of aryl methyl sites for hydroxylation is 2. The summed E-state index contributed by atoms with van der Waals surface area (Å²) in [5.41, 5.74) is 2.74. The molecule has 0 aliphatic carbocycles. The summed E-state index contributed by atoms with van der Waals surface area (Å²) in [5.74, 6) is -1.49. The van der Waals surface area contributed by atoms with Crippen LogP contribution in [0.1, 0.15) is 23.1 Å². The molecule has 1 aromatic carbocycles. The van der Waals surface area contributed by atoms with Gasteiger partial charge in [0.25, 0.3) is 0 Å². The van der Waals surface area contributed by atoms with Crippen LogP contribution in [0.3, 0.4) is 0 Å². The molecule has 17 heavy (non-hydrogen) atoms. The molecule has 1 rings (SSSR count). The van der Waals surface area contributed by atoms with Crippen LogP contribution in [0.2, 0.25) is 0 Å². The highest BCUT2D eigenvalue weighted by atomic mass is 32.2. The fraction of sp³-hybridized carbons (Fsp3) is 0.417. The van der Waals surface area contributed by atoms with Gasteiger partial charge in [-0.2, -0.15) is 0 Å². The Morgan fingerprint density at radius 2 is 1.94 bits per heavy atom. The van der Waals surface area contributed by atoms with E-state index in [2.05, 4.69) is 0 Å². The molecule has 94 valence electrons. The van der Waals surface area contributed by atoms with E-state index in [0.717, 1.165) is 16.7 Å². The lowest BCUT2D eigenvalue weighted by molar-refractivity contribution is -0.136. The van der Waals surface area contributed by atoms with Crippen LogP contribution in [0.5, 0.6) is 0 Å². The molecule has 0 bridgehead atoms. The van der Waals surface area contributed by atoms with Crippen LogP contribution >= 0.6 is 0 Å². The van der Waals surface area contributed by atoms with Gasteiger partial charge >= 0.3 is 5.97 Å². The number of carboxylic acids is 1. The first-order chi connectivity index (χ1) is 7.80. The average molecular weight is 256 g/mol. The number of benzene rings is 1. The summed E-state index contributed by atoms with van der Waals surface area (Å²) in [5, 5.41) is 8.47. The Morgan fingerprint density at radius 3 is 2.47 bits per heavy atom. The number of hydrogen-bond donors (Lipinski definition) is 1. The molecule has 0 aliphatic heterocycles. The second-order valence-electron chi connectivity index (χ2n) is 4.17. The molecule has 0 saturated carbocycles. The molecule has 0 spiro atoms. The van der Waals surface area contributed by atoms with Crippen LogP contribution in [0.25, 0.3) is 0 Å². The SMILES string of the molecule is Cc1ccc(CS(=O)(=O)CCC(=O)O)c(C)c1. The van der Waals surface area contributed by atoms with E-state index in [1.807, 2.05) is 26.0 Å². The number of carbonyl (C=O) groups is 1. The molecule has 0 atom stereocenters. The maximum absolute atomic E-state index is 11.7. The number of carboxylic acid groups (broad SMARTS) is 1. The lowest BCUT2D eigenvalue weighted by atomic mass is 10.1. The normalized spacial score (nSPS) is 11.4. The van der Waals surface area contributed by atoms with Crippen molar-refractivity contribution >= 4 is 15.8 Å². The molecule has 0 radical (unpaired) electrons. The Labute approximate surface area is 101 Å². The molecule has 0 unspecified atom stereocenters. The second kappa shape index (κ2) is 5.31. The summed E-state index contributed by atoms with van der Waals surface area (Å²) in [6, 6.07) is 5.56. The number of aliphatic carboxylic acids is 1. The molecule has 0 saturated heterocycles. The van der Waals surface area contributed by atoms with Crippen LogP contribution in [-0.4, -0.2) is 25.2 Å². The lowest BCUT2D eigenvalue weighted by Crippen LogP contribution is -2.13. The predicted octanol–water partition coefficient (Wildman–Crippen LogP) is 1.69. The summed E-state index contributed by atoms with van der Waals surface area (Å²) < 4.78 is 23.4. The molecule has 5 heteroatoms. The summed E-state index contributed by atoms with van der Waals surface area (Å²) in [6.07, 6.45) is -0.340. The quantitative estimate of drug-likeness (QED) is 0.870. The topological polar surface area (TPSA) is 71.4 Å². The maximum Gasteiger partial charge on any atom is 0.304 e. The molecule has 0 aromatic heterocycles. The van der Waals surface area contributed by atoms with Crippen molar-refractivity contribution in [2.24, 2.45) is 0 Å². The summed E-state index contributed by atoms with van der Waals surface area (Å²) in [7, 11) is -3.35. The fourth-order valence-corrected chi connectivity index (χ4v) is 2.99. The highest BCUT2D eigenvalue weighted by Gasteiger charge is 2.15. The van der Waals surface area contributed by atoms with Gasteiger partial charge in [-0.15, -0.1) is 0 Å². The number of hydrogen-bond acceptors (Lipinski definition) is 3. The monoisotopic (exact) mass is 256 g/mol. The average Bonchev–Trinajstić information content (AvgIpc) is 2.20.